The Morgan fingerprint density at radius 3 is 2.65 bits per heavy atom. The maximum absolute atomic E-state index is 13.5. The topological polar surface area (TPSA) is 146 Å². The third-order valence-corrected chi connectivity index (χ3v) is 8.58. The van der Waals surface area contributed by atoms with E-state index in [1.807, 2.05) is 24.3 Å². The molecule has 1 aromatic heterocycles. The number of halogens is 1. The number of H-pyrrole nitrogens is 1. The summed E-state index contributed by atoms with van der Waals surface area (Å²) in [7, 11) is 0. The summed E-state index contributed by atoms with van der Waals surface area (Å²) in [6, 6.07) is 21.3. The van der Waals surface area contributed by atoms with Crippen molar-refractivity contribution in [1.82, 2.24) is 20.7 Å². The quantitative estimate of drug-likeness (QED) is 0.0748. The van der Waals surface area contributed by atoms with Gasteiger partial charge in [-0.05, 0) is 74.6 Å². The smallest absolute Gasteiger partial charge is 0.408 e. The molecule has 6 rings (SSSR count). The van der Waals surface area contributed by atoms with E-state index in [0.29, 0.717) is 42.8 Å². The van der Waals surface area contributed by atoms with Crippen molar-refractivity contribution < 1.29 is 32.3 Å². The molecule has 12 heteroatoms. The van der Waals surface area contributed by atoms with Gasteiger partial charge in [-0.15, -0.1) is 0 Å². The summed E-state index contributed by atoms with van der Waals surface area (Å²) in [5, 5.41) is 5.89. The zero-order chi connectivity index (χ0) is 34.6. The van der Waals surface area contributed by atoms with E-state index >= 15 is 0 Å². The highest BCUT2D eigenvalue weighted by Gasteiger charge is 2.61. The number of allylic oxidation sites excluding steroid dienone is 1. The number of para-hydroxylation sites is 3. The van der Waals surface area contributed by atoms with Gasteiger partial charge in [0.15, 0.2) is 11.3 Å². The molecule has 3 amide bonds. The first kappa shape index (κ1) is 34.9. The second-order valence-corrected chi connectivity index (χ2v) is 12.2. The number of hydrogen-bond donors (Lipinski definition) is 4. The largest absolute Gasteiger partial charge is 0.417 e. The lowest BCUT2D eigenvalue weighted by Gasteiger charge is -2.27. The zero-order valence-electron chi connectivity index (χ0n) is 27.5. The zero-order valence-corrected chi connectivity index (χ0v) is 27.5. The number of rotatable bonds is 13. The Bertz CT molecular complexity index is 1790. The standard InChI is InChI=1S/C30H37FN4O4.C7H5NO2.3H2/c1-2-3-4-5-7-12-22-20-30(22,29(38)34-39-25-15-8-6-9-16-25)33-28(37)26-17-11-18-35(26)27(36)21-32-24-14-10-13-23(31)19-24;9-7-8-5-3-1-2-4-6(5)10-7;;;/h6-10,12-16,19,22,26,32H,2-5,11,17-18,20-21H2,1H3,(H,33,37)(H,34,38);1-4H,(H,8,9);3*1H/b12-7-;;;;/t22-,26+,30-;;;;/m1..../s1. The van der Waals surface area contributed by atoms with Crippen LogP contribution in [0.4, 0.5) is 10.1 Å². The average Bonchev–Trinajstić information content (AvgIpc) is 3.40. The number of fused-ring (bicyclic) bond motifs is 1. The van der Waals surface area contributed by atoms with Crippen LogP contribution in [0.1, 0.15) is 56.1 Å². The van der Waals surface area contributed by atoms with E-state index in [4.69, 9.17) is 9.25 Å². The number of likely N-dealkylation sites (tertiary alicyclic amines) is 1. The summed E-state index contributed by atoms with van der Waals surface area (Å²) in [6.45, 7) is 2.53. The lowest BCUT2D eigenvalue weighted by Crippen LogP contribution is -2.56. The van der Waals surface area contributed by atoms with Gasteiger partial charge in [-0.2, -0.15) is 5.48 Å². The molecular formula is C37H48FN5O6. The molecule has 0 unspecified atom stereocenters. The van der Waals surface area contributed by atoms with Crippen LogP contribution in [0.2, 0.25) is 0 Å². The van der Waals surface area contributed by atoms with E-state index in [-0.39, 0.29) is 28.6 Å². The van der Waals surface area contributed by atoms with Crippen molar-refractivity contribution in [2.45, 2.75) is 63.5 Å². The molecule has 3 aromatic carbocycles. The summed E-state index contributed by atoms with van der Waals surface area (Å²) in [5.74, 6) is -1.52. The van der Waals surface area contributed by atoms with E-state index < -0.39 is 29.1 Å². The molecule has 1 saturated heterocycles. The first-order chi connectivity index (χ1) is 23.8. The number of hydrogen-bond acceptors (Lipinski definition) is 7. The van der Waals surface area contributed by atoms with Crippen molar-refractivity contribution in [2.75, 3.05) is 18.4 Å². The van der Waals surface area contributed by atoms with Gasteiger partial charge < -0.3 is 24.8 Å². The van der Waals surface area contributed by atoms with Crippen LogP contribution in [0, 0.1) is 11.7 Å². The highest BCUT2D eigenvalue weighted by molar-refractivity contribution is 5.97. The first-order valence-electron chi connectivity index (χ1n) is 16.7. The molecule has 2 aliphatic rings. The van der Waals surface area contributed by atoms with Gasteiger partial charge in [0.1, 0.15) is 17.4 Å². The number of hydroxylamine groups is 1. The molecule has 2 fully saturated rings. The van der Waals surface area contributed by atoms with Crippen LogP contribution in [0.15, 0.2) is 100 Å². The summed E-state index contributed by atoms with van der Waals surface area (Å²) in [4.78, 5) is 59.8. The van der Waals surface area contributed by atoms with E-state index in [0.717, 1.165) is 31.2 Å². The van der Waals surface area contributed by atoms with Crippen LogP contribution in [-0.4, -0.2) is 52.3 Å². The van der Waals surface area contributed by atoms with Gasteiger partial charge >= 0.3 is 5.76 Å². The maximum Gasteiger partial charge on any atom is 0.417 e. The number of benzene rings is 3. The molecule has 1 aliphatic carbocycles. The highest BCUT2D eigenvalue weighted by atomic mass is 19.1. The van der Waals surface area contributed by atoms with Crippen molar-refractivity contribution in [3.8, 4) is 5.75 Å². The van der Waals surface area contributed by atoms with Crippen molar-refractivity contribution in [2.24, 2.45) is 5.92 Å². The number of anilines is 1. The number of nitrogens with one attached hydrogen (secondary N) is 4. The maximum atomic E-state index is 13.5. The summed E-state index contributed by atoms with van der Waals surface area (Å²) >= 11 is 0. The van der Waals surface area contributed by atoms with Crippen molar-refractivity contribution >= 4 is 34.5 Å². The SMILES string of the molecule is CCCCC/C=C\[C@@H]1C[C@]1(NC(=O)[C@@H]1CCCN1C(=O)CNc1cccc(F)c1)C(=O)NOc1ccccc1.O=c1[nH]c2ccccc2o1.[HH].[HH].[HH]. The van der Waals surface area contributed by atoms with Crippen LogP contribution in [0.25, 0.3) is 11.1 Å². The molecule has 1 saturated carbocycles. The van der Waals surface area contributed by atoms with Crippen LogP contribution in [0.3, 0.4) is 0 Å². The molecular weight excluding hydrogens is 629 g/mol. The number of oxazole rings is 1. The second kappa shape index (κ2) is 16.6. The summed E-state index contributed by atoms with van der Waals surface area (Å²) in [5.41, 5.74) is 3.21. The molecule has 0 spiro atoms. The molecule has 0 radical (unpaired) electrons. The predicted molar refractivity (Wildman–Crippen MR) is 190 cm³/mol. The van der Waals surface area contributed by atoms with Gasteiger partial charge in [0, 0.05) is 22.4 Å². The number of carbonyl (C=O) groups excluding carboxylic acids is 3. The van der Waals surface area contributed by atoms with Crippen molar-refractivity contribution in [3.63, 3.8) is 0 Å². The molecule has 49 heavy (non-hydrogen) atoms. The first-order valence-corrected chi connectivity index (χ1v) is 16.7. The van der Waals surface area contributed by atoms with Gasteiger partial charge in [0.2, 0.25) is 11.8 Å². The average molecular weight is 678 g/mol. The molecule has 1 aliphatic heterocycles. The Labute approximate surface area is 288 Å². The summed E-state index contributed by atoms with van der Waals surface area (Å²) < 4.78 is 18.2. The lowest BCUT2D eigenvalue weighted by atomic mass is 10.1. The van der Waals surface area contributed by atoms with Gasteiger partial charge in [0.25, 0.3) is 5.91 Å². The normalized spacial score (nSPS) is 19.6. The molecule has 3 atom stereocenters. The van der Waals surface area contributed by atoms with E-state index in [2.05, 4.69) is 34.1 Å². The fourth-order valence-corrected chi connectivity index (χ4v) is 5.85. The molecule has 0 bridgehead atoms. The number of carbonyl (C=O) groups is 3. The molecule has 2 heterocycles. The Hall–Kier alpha value is -5.39. The number of aromatic amines is 1. The number of aromatic nitrogens is 1. The minimum atomic E-state index is -1.13. The fraction of sp³-hybridized carbons (Fsp3) is 0.351. The van der Waals surface area contributed by atoms with E-state index in [1.54, 1.807) is 48.5 Å². The molecule has 4 N–H and O–H groups in total. The van der Waals surface area contributed by atoms with Crippen LogP contribution in [-0.2, 0) is 14.4 Å². The van der Waals surface area contributed by atoms with E-state index in [9.17, 15) is 23.6 Å². The summed E-state index contributed by atoms with van der Waals surface area (Å²) in [6.07, 6.45) is 9.97. The lowest BCUT2D eigenvalue weighted by molar-refractivity contribution is -0.140. The third-order valence-electron chi connectivity index (χ3n) is 8.58. The van der Waals surface area contributed by atoms with E-state index in [1.165, 1.54) is 17.0 Å². The van der Waals surface area contributed by atoms with Gasteiger partial charge in [-0.25, -0.2) is 9.18 Å². The minimum absolute atomic E-state index is 0. The molecule has 4 aromatic rings. The van der Waals surface area contributed by atoms with Crippen molar-refractivity contribution in [3.05, 3.63) is 107 Å². The van der Waals surface area contributed by atoms with Gasteiger partial charge in [0.05, 0.1) is 12.1 Å². The van der Waals surface area contributed by atoms with Gasteiger partial charge in [-0.1, -0.05) is 68.3 Å². The number of amides is 3. The Balaban J connectivity index is 0.000000617. The van der Waals surface area contributed by atoms with Crippen LogP contribution < -0.4 is 26.7 Å². The third kappa shape index (κ3) is 9.37. The molecule has 264 valence electrons. The second-order valence-electron chi connectivity index (χ2n) is 12.2. The van der Waals surface area contributed by atoms with Crippen molar-refractivity contribution in [1.29, 1.82) is 0 Å². The van der Waals surface area contributed by atoms with Crippen LogP contribution in [0.5, 0.6) is 5.75 Å². The van der Waals surface area contributed by atoms with Gasteiger partial charge in [-0.3, -0.25) is 19.4 Å². The Kier molecular flexibility index (Phi) is 11.9. The number of unbranched alkanes of at least 4 members (excludes halogenated alkanes) is 3. The monoisotopic (exact) mass is 677 g/mol. The minimum Gasteiger partial charge on any atom is -0.408 e. The Morgan fingerprint density at radius 1 is 1.08 bits per heavy atom. The van der Waals surface area contributed by atoms with Crippen LogP contribution >= 0.6 is 0 Å². The fourth-order valence-electron chi connectivity index (χ4n) is 5.85. The Morgan fingerprint density at radius 2 is 1.88 bits per heavy atom. The molecule has 11 nitrogen and oxygen atoms in total. The highest BCUT2D eigenvalue weighted by Crippen LogP contribution is 2.45. The number of nitrogens with zero attached hydrogens (tertiary/aromatic N) is 1. The predicted octanol–water partition coefficient (Wildman–Crippen LogP) is 6.21.